The molecule has 4 fully saturated rings. The quantitative estimate of drug-likeness (QED) is 0.445. The van der Waals surface area contributed by atoms with Crippen molar-refractivity contribution in [2.75, 3.05) is 0 Å². The van der Waals surface area contributed by atoms with Crippen LogP contribution in [-0.2, 0) is 4.79 Å². The fourth-order valence-electron chi connectivity index (χ4n) is 5.69. The first kappa shape index (κ1) is 15.6. The molecule has 0 amide bonds. The van der Waals surface area contributed by atoms with E-state index in [1.807, 2.05) is 0 Å². The Morgan fingerprint density at radius 2 is 1.39 bits per heavy atom. The summed E-state index contributed by atoms with van der Waals surface area (Å²) in [7, 11) is 0. The molecule has 0 aromatic heterocycles. The minimum Gasteiger partial charge on any atom is -0.481 e. The van der Waals surface area contributed by atoms with Gasteiger partial charge in [-0.15, -0.1) is 0 Å². The molecule has 0 unspecified atom stereocenters. The van der Waals surface area contributed by atoms with E-state index >= 15 is 0 Å². The molecule has 4 bridgehead atoms. The summed E-state index contributed by atoms with van der Waals surface area (Å²) >= 11 is 0. The second kappa shape index (κ2) is 4.36. The van der Waals surface area contributed by atoms with Crippen LogP contribution in [0.4, 0.5) is 0 Å². The van der Waals surface area contributed by atoms with Gasteiger partial charge in [0.05, 0.1) is 5.41 Å². The Labute approximate surface area is 129 Å². The van der Waals surface area contributed by atoms with Crippen LogP contribution in [0.2, 0.25) is 0 Å². The van der Waals surface area contributed by atoms with Crippen molar-refractivity contribution in [1.82, 2.24) is 0 Å². The normalized spacial score (nSPS) is 38.3. The van der Waals surface area contributed by atoms with Gasteiger partial charge < -0.3 is 5.11 Å². The smallest absolute Gasteiger partial charge is 0.481 e. The standard InChI is InChI=1S/C12H15N3O8/c16-9(17)10-2-7-1-8(3-10)5-11(4-7,6-10)12(13(18)19,14(20)21)15(22)23/h7-8H,1-6H2,(H,16,17)/t7-,8-,10?,11?/m0/s1. The topological polar surface area (TPSA) is 167 Å². The Balaban J connectivity index is 2.20. The van der Waals surface area contributed by atoms with Gasteiger partial charge in [-0.05, 0) is 50.4 Å². The van der Waals surface area contributed by atoms with E-state index in [0.29, 0.717) is 6.42 Å². The molecule has 0 aromatic rings. The molecule has 11 nitrogen and oxygen atoms in total. The third-order valence-electron chi connectivity index (χ3n) is 5.99. The molecule has 0 aromatic carbocycles. The number of nitrogens with zero attached hydrogens (tertiary/aromatic N) is 3. The van der Waals surface area contributed by atoms with Crippen molar-refractivity contribution >= 4 is 5.97 Å². The highest BCUT2D eigenvalue weighted by Gasteiger charge is 2.88. The minimum atomic E-state index is -3.58. The Kier molecular flexibility index (Phi) is 2.95. The zero-order valence-corrected chi connectivity index (χ0v) is 12.0. The molecule has 0 radical (unpaired) electrons. The summed E-state index contributed by atoms with van der Waals surface area (Å²) in [6.45, 7) is 0. The molecule has 0 saturated heterocycles. The van der Waals surface area contributed by atoms with Crippen LogP contribution in [0.5, 0.6) is 0 Å². The predicted molar refractivity (Wildman–Crippen MR) is 70.9 cm³/mol. The first-order chi connectivity index (χ1) is 10.6. The number of rotatable bonds is 5. The van der Waals surface area contributed by atoms with Crippen LogP contribution in [0.25, 0.3) is 0 Å². The molecule has 0 heterocycles. The number of hydrogen-bond donors (Lipinski definition) is 1. The number of nitro groups is 3. The van der Waals surface area contributed by atoms with E-state index in [1.165, 1.54) is 0 Å². The van der Waals surface area contributed by atoms with Crippen LogP contribution in [0.1, 0.15) is 38.5 Å². The Morgan fingerprint density at radius 1 is 0.957 bits per heavy atom. The van der Waals surface area contributed by atoms with Gasteiger partial charge in [-0.25, -0.2) is 0 Å². The Morgan fingerprint density at radius 3 is 1.74 bits per heavy atom. The number of carbonyl (C=O) groups is 1. The third kappa shape index (κ3) is 1.67. The predicted octanol–water partition coefficient (Wildman–Crippen LogP) is 1.14. The van der Waals surface area contributed by atoms with E-state index in [9.17, 15) is 40.2 Å². The summed E-state index contributed by atoms with van der Waals surface area (Å²) in [6, 6.07) is 0. The van der Waals surface area contributed by atoms with E-state index in [1.54, 1.807) is 0 Å². The highest BCUT2D eigenvalue weighted by atomic mass is 16.7. The zero-order chi connectivity index (χ0) is 17.2. The number of hydrogen-bond acceptors (Lipinski definition) is 7. The molecule has 1 N–H and O–H groups in total. The molecule has 0 aliphatic heterocycles. The van der Waals surface area contributed by atoms with Gasteiger partial charge >= 0.3 is 11.8 Å². The van der Waals surface area contributed by atoms with Crippen molar-refractivity contribution in [2.45, 2.75) is 44.3 Å². The molecule has 4 rings (SSSR count). The van der Waals surface area contributed by atoms with Crippen LogP contribution in [0, 0.1) is 53.0 Å². The maximum atomic E-state index is 11.7. The highest BCUT2D eigenvalue weighted by molar-refractivity contribution is 5.75. The molecule has 4 aliphatic rings. The largest absolute Gasteiger partial charge is 0.705 e. The van der Waals surface area contributed by atoms with Gasteiger partial charge in [0.25, 0.3) is 0 Å². The van der Waals surface area contributed by atoms with Crippen LogP contribution in [0.15, 0.2) is 0 Å². The molecular weight excluding hydrogens is 314 g/mol. The van der Waals surface area contributed by atoms with Crippen molar-refractivity contribution in [3.05, 3.63) is 30.3 Å². The molecule has 0 spiro atoms. The van der Waals surface area contributed by atoms with E-state index in [-0.39, 0.29) is 43.9 Å². The van der Waals surface area contributed by atoms with Gasteiger partial charge in [-0.2, -0.15) is 0 Å². The maximum absolute atomic E-state index is 11.7. The van der Waals surface area contributed by atoms with Crippen LogP contribution < -0.4 is 0 Å². The Hall–Kier alpha value is -2.33. The highest BCUT2D eigenvalue weighted by Crippen LogP contribution is 2.68. The van der Waals surface area contributed by atoms with Gasteiger partial charge in [0.1, 0.15) is 0 Å². The van der Waals surface area contributed by atoms with E-state index in [2.05, 4.69) is 0 Å². The van der Waals surface area contributed by atoms with E-state index < -0.39 is 37.4 Å². The molecule has 23 heavy (non-hydrogen) atoms. The number of aliphatic carboxylic acids is 1. The monoisotopic (exact) mass is 329 g/mol. The molecule has 11 heteroatoms. The van der Waals surface area contributed by atoms with Crippen LogP contribution in [-0.4, -0.2) is 31.6 Å². The van der Waals surface area contributed by atoms with Gasteiger partial charge in [0.15, 0.2) is 20.2 Å². The van der Waals surface area contributed by atoms with Crippen molar-refractivity contribution < 1.29 is 24.7 Å². The maximum Gasteiger partial charge on any atom is 0.705 e. The van der Waals surface area contributed by atoms with Crippen LogP contribution in [0.3, 0.4) is 0 Å². The lowest BCUT2D eigenvalue weighted by Crippen LogP contribution is -2.71. The average Bonchev–Trinajstić information content (AvgIpc) is 2.35. The molecule has 4 aliphatic carbocycles. The van der Waals surface area contributed by atoms with Crippen molar-refractivity contribution in [3.63, 3.8) is 0 Å². The van der Waals surface area contributed by atoms with Gasteiger partial charge in [-0.1, -0.05) is 0 Å². The lowest BCUT2D eigenvalue weighted by Gasteiger charge is -2.57. The second-order valence-corrected chi connectivity index (χ2v) is 7.23. The summed E-state index contributed by atoms with van der Waals surface area (Å²) in [4.78, 5) is 41.8. The van der Waals surface area contributed by atoms with Gasteiger partial charge in [-0.3, -0.25) is 35.1 Å². The lowest BCUT2D eigenvalue weighted by molar-refractivity contribution is -0.989. The van der Waals surface area contributed by atoms with Crippen molar-refractivity contribution in [1.29, 1.82) is 0 Å². The van der Waals surface area contributed by atoms with E-state index in [4.69, 9.17) is 0 Å². The molecule has 4 saturated carbocycles. The Bertz CT molecular complexity index is 582. The van der Waals surface area contributed by atoms with Gasteiger partial charge in [0.2, 0.25) is 0 Å². The van der Waals surface area contributed by atoms with E-state index in [0.717, 1.165) is 0 Å². The van der Waals surface area contributed by atoms with Crippen molar-refractivity contribution in [3.8, 4) is 0 Å². The SMILES string of the molecule is O=C(O)C12C[C@@H]3C[C@@H](C1)CC(C([N+](=O)[O-])([N+](=O)[O-])[N+](=O)[O-])(C3)C2. The molecular formula is C12H15N3O8. The summed E-state index contributed by atoms with van der Waals surface area (Å²) in [5, 5.41) is 44.0. The van der Waals surface area contributed by atoms with Crippen LogP contribution >= 0.6 is 0 Å². The van der Waals surface area contributed by atoms with Gasteiger partial charge in [0, 0.05) is 0 Å². The molecule has 2 atom stereocenters. The molecule has 126 valence electrons. The lowest BCUT2D eigenvalue weighted by atomic mass is 9.42. The minimum absolute atomic E-state index is 0.0402. The number of carboxylic acid groups (broad SMARTS) is 1. The average molecular weight is 329 g/mol. The summed E-state index contributed by atoms with van der Waals surface area (Å²) in [6.07, 6.45) is 0.724. The van der Waals surface area contributed by atoms with Crippen molar-refractivity contribution in [2.24, 2.45) is 22.7 Å². The third-order valence-corrected chi connectivity index (χ3v) is 5.99. The summed E-state index contributed by atoms with van der Waals surface area (Å²) in [5.74, 6) is -5.26. The first-order valence-electron chi connectivity index (χ1n) is 7.26. The second-order valence-electron chi connectivity index (χ2n) is 7.23. The summed E-state index contributed by atoms with van der Waals surface area (Å²) in [5.41, 5.74) is -3.18. The zero-order valence-electron chi connectivity index (χ0n) is 12.0. The first-order valence-corrected chi connectivity index (χ1v) is 7.26. The fourth-order valence-corrected chi connectivity index (χ4v) is 5.69. The number of carboxylic acids is 1. The summed E-state index contributed by atoms with van der Waals surface area (Å²) < 4.78 is 0. The fraction of sp³-hybridized carbons (Fsp3) is 0.917.